The van der Waals surface area contributed by atoms with Gasteiger partial charge in [0.2, 0.25) is 0 Å². The van der Waals surface area contributed by atoms with Crippen molar-refractivity contribution >= 4 is 34.8 Å². The SMILES string of the molecule is Cc1ccc(-c2ccns2)cc1-c1cnc(NC(=O)c2snnc2C)cn1. The molecule has 1 N–H and O–H groups in total. The maximum absolute atomic E-state index is 12.2. The Morgan fingerprint density at radius 2 is 1.96 bits per heavy atom. The van der Waals surface area contributed by atoms with E-state index in [-0.39, 0.29) is 5.91 Å². The van der Waals surface area contributed by atoms with Crippen molar-refractivity contribution in [2.24, 2.45) is 0 Å². The van der Waals surface area contributed by atoms with Crippen molar-refractivity contribution in [3.05, 3.63) is 59.0 Å². The van der Waals surface area contributed by atoms with Gasteiger partial charge in [-0.1, -0.05) is 16.6 Å². The van der Waals surface area contributed by atoms with E-state index in [2.05, 4.69) is 47.4 Å². The number of nitrogens with zero attached hydrogens (tertiary/aromatic N) is 5. The van der Waals surface area contributed by atoms with Crippen LogP contribution in [0.15, 0.2) is 42.9 Å². The minimum atomic E-state index is -0.284. The molecule has 0 atom stereocenters. The normalized spacial score (nSPS) is 10.7. The van der Waals surface area contributed by atoms with Gasteiger partial charge in [0.15, 0.2) is 5.82 Å². The maximum Gasteiger partial charge on any atom is 0.270 e. The third-order valence-electron chi connectivity index (χ3n) is 3.99. The summed E-state index contributed by atoms with van der Waals surface area (Å²) in [5.74, 6) is 0.0979. The zero-order chi connectivity index (χ0) is 18.8. The predicted molar refractivity (Wildman–Crippen MR) is 106 cm³/mol. The Bertz CT molecular complexity index is 1090. The van der Waals surface area contributed by atoms with Crippen LogP contribution in [-0.4, -0.2) is 29.8 Å². The number of hydrogen-bond acceptors (Lipinski definition) is 8. The Labute approximate surface area is 163 Å². The zero-order valence-electron chi connectivity index (χ0n) is 14.5. The van der Waals surface area contributed by atoms with Gasteiger partial charge < -0.3 is 5.32 Å². The Morgan fingerprint density at radius 1 is 1.07 bits per heavy atom. The molecule has 0 bridgehead atoms. The molecule has 0 aliphatic heterocycles. The second kappa shape index (κ2) is 7.29. The first-order valence-corrected chi connectivity index (χ1v) is 9.61. The summed E-state index contributed by atoms with van der Waals surface area (Å²) < 4.78 is 7.92. The highest BCUT2D eigenvalue weighted by Gasteiger charge is 2.14. The molecule has 3 heterocycles. The molecule has 3 aromatic heterocycles. The van der Waals surface area contributed by atoms with Crippen LogP contribution in [0.3, 0.4) is 0 Å². The summed E-state index contributed by atoms with van der Waals surface area (Å²) in [6, 6.07) is 8.19. The minimum Gasteiger partial charge on any atom is -0.304 e. The van der Waals surface area contributed by atoms with Crippen LogP contribution in [0.4, 0.5) is 5.82 Å². The fraction of sp³-hybridized carbons (Fsp3) is 0.111. The first-order valence-electron chi connectivity index (χ1n) is 8.06. The average molecular weight is 394 g/mol. The van der Waals surface area contributed by atoms with Gasteiger partial charge in [-0.25, -0.2) is 9.36 Å². The van der Waals surface area contributed by atoms with Gasteiger partial charge in [0.05, 0.1) is 28.7 Å². The summed E-state index contributed by atoms with van der Waals surface area (Å²) in [5.41, 5.74) is 4.52. The second-order valence-electron chi connectivity index (χ2n) is 5.83. The summed E-state index contributed by atoms with van der Waals surface area (Å²) in [7, 11) is 0. The van der Waals surface area contributed by atoms with Crippen LogP contribution in [0.25, 0.3) is 21.7 Å². The van der Waals surface area contributed by atoms with E-state index in [1.54, 1.807) is 25.5 Å². The van der Waals surface area contributed by atoms with Crippen LogP contribution in [-0.2, 0) is 0 Å². The van der Waals surface area contributed by atoms with Crippen molar-refractivity contribution in [1.82, 2.24) is 23.9 Å². The monoisotopic (exact) mass is 394 g/mol. The van der Waals surface area contributed by atoms with E-state index in [0.29, 0.717) is 16.4 Å². The Hall–Kier alpha value is -3.04. The quantitative estimate of drug-likeness (QED) is 0.562. The minimum absolute atomic E-state index is 0.284. The van der Waals surface area contributed by atoms with Crippen LogP contribution in [0, 0.1) is 13.8 Å². The number of aryl methyl sites for hydroxylation is 2. The average Bonchev–Trinajstić information content (AvgIpc) is 3.35. The van der Waals surface area contributed by atoms with Gasteiger partial charge >= 0.3 is 0 Å². The van der Waals surface area contributed by atoms with Crippen LogP contribution in [0.1, 0.15) is 20.9 Å². The number of hydrogen-bond donors (Lipinski definition) is 1. The number of carbonyl (C=O) groups is 1. The molecule has 0 radical (unpaired) electrons. The number of amides is 1. The van der Waals surface area contributed by atoms with E-state index in [0.717, 1.165) is 38.8 Å². The maximum atomic E-state index is 12.2. The summed E-state index contributed by atoms with van der Waals surface area (Å²) >= 11 is 2.51. The lowest BCUT2D eigenvalue weighted by atomic mass is 10.0. The number of nitrogens with one attached hydrogen (secondary N) is 1. The Morgan fingerprint density at radius 3 is 2.63 bits per heavy atom. The van der Waals surface area contributed by atoms with Gasteiger partial charge in [-0.2, -0.15) is 0 Å². The summed E-state index contributed by atoms with van der Waals surface area (Å²) in [4.78, 5) is 22.6. The number of aromatic nitrogens is 5. The first-order chi connectivity index (χ1) is 13.1. The number of benzene rings is 1. The van der Waals surface area contributed by atoms with Crippen molar-refractivity contribution in [1.29, 1.82) is 0 Å². The molecule has 0 saturated carbocycles. The summed E-state index contributed by atoms with van der Waals surface area (Å²) in [6.07, 6.45) is 5.00. The molecular weight excluding hydrogens is 380 g/mol. The third-order valence-corrected chi connectivity index (χ3v) is 5.61. The molecule has 0 unspecified atom stereocenters. The van der Waals surface area contributed by atoms with E-state index in [1.807, 2.05) is 13.0 Å². The fourth-order valence-corrected chi connectivity index (χ4v) is 3.70. The van der Waals surface area contributed by atoms with E-state index in [4.69, 9.17) is 0 Å². The fourth-order valence-electron chi connectivity index (χ4n) is 2.56. The van der Waals surface area contributed by atoms with Crippen LogP contribution in [0.5, 0.6) is 0 Å². The van der Waals surface area contributed by atoms with Gasteiger partial charge in [0, 0.05) is 11.8 Å². The number of anilines is 1. The van der Waals surface area contributed by atoms with Crippen molar-refractivity contribution in [2.75, 3.05) is 5.32 Å². The molecule has 0 spiro atoms. The van der Waals surface area contributed by atoms with E-state index >= 15 is 0 Å². The predicted octanol–water partition coefficient (Wildman–Crippen LogP) is 3.99. The molecule has 27 heavy (non-hydrogen) atoms. The van der Waals surface area contributed by atoms with Gasteiger partial charge in [-0.3, -0.25) is 9.78 Å². The first kappa shape index (κ1) is 17.4. The molecule has 1 amide bonds. The van der Waals surface area contributed by atoms with Crippen molar-refractivity contribution < 1.29 is 4.79 Å². The summed E-state index contributed by atoms with van der Waals surface area (Å²) in [5, 5.41) is 6.56. The molecule has 4 aromatic rings. The number of carbonyl (C=O) groups excluding carboxylic acids is 1. The van der Waals surface area contributed by atoms with E-state index in [9.17, 15) is 4.79 Å². The molecule has 0 aliphatic carbocycles. The highest BCUT2D eigenvalue weighted by molar-refractivity contribution is 7.09. The Balaban J connectivity index is 1.58. The van der Waals surface area contributed by atoms with Gasteiger partial charge in [0.1, 0.15) is 4.88 Å². The molecule has 7 nitrogen and oxygen atoms in total. The van der Waals surface area contributed by atoms with E-state index < -0.39 is 0 Å². The highest BCUT2D eigenvalue weighted by Crippen LogP contribution is 2.29. The largest absolute Gasteiger partial charge is 0.304 e. The Kier molecular flexibility index (Phi) is 4.69. The smallest absolute Gasteiger partial charge is 0.270 e. The van der Waals surface area contributed by atoms with Crippen molar-refractivity contribution in [3.63, 3.8) is 0 Å². The molecule has 0 aliphatic rings. The van der Waals surface area contributed by atoms with Crippen molar-refractivity contribution in [2.45, 2.75) is 13.8 Å². The standard InChI is InChI=1S/C18H14N6OS2/c1-10-3-4-12(15-5-6-21-26-15)7-13(10)14-8-20-16(9-19-14)22-18(25)17-11(2)23-24-27-17/h3-9H,1-2H3,(H,20,22,25). The molecule has 134 valence electrons. The molecule has 0 saturated heterocycles. The van der Waals surface area contributed by atoms with Gasteiger partial charge in [-0.05, 0) is 60.2 Å². The molecule has 0 fully saturated rings. The van der Waals surface area contributed by atoms with Crippen molar-refractivity contribution in [3.8, 4) is 21.7 Å². The summed E-state index contributed by atoms with van der Waals surface area (Å²) in [6.45, 7) is 3.77. The lowest BCUT2D eigenvalue weighted by Gasteiger charge is -2.08. The molecule has 1 aromatic carbocycles. The molecule has 4 rings (SSSR count). The molecule has 9 heteroatoms. The van der Waals surface area contributed by atoms with Gasteiger partial charge in [0.25, 0.3) is 5.91 Å². The lowest BCUT2D eigenvalue weighted by molar-refractivity contribution is 0.102. The van der Waals surface area contributed by atoms with Crippen LogP contribution >= 0.6 is 23.1 Å². The third kappa shape index (κ3) is 3.60. The lowest BCUT2D eigenvalue weighted by Crippen LogP contribution is -2.13. The van der Waals surface area contributed by atoms with Gasteiger partial charge in [-0.15, -0.1) is 5.10 Å². The van der Waals surface area contributed by atoms with Crippen LogP contribution in [0.2, 0.25) is 0 Å². The molecular formula is C18H14N6OS2. The number of rotatable bonds is 4. The topological polar surface area (TPSA) is 93.6 Å². The van der Waals surface area contributed by atoms with Crippen LogP contribution < -0.4 is 5.32 Å². The second-order valence-corrected chi connectivity index (χ2v) is 7.42. The van der Waals surface area contributed by atoms with E-state index in [1.165, 1.54) is 11.5 Å². The zero-order valence-corrected chi connectivity index (χ0v) is 16.1. The highest BCUT2D eigenvalue weighted by atomic mass is 32.1.